The van der Waals surface area contributed by atoms with Crippen LogP contribution >= 0.6 is 0 Å². The summed E-state index contributed by atoms with van der Waals surface area (Å²) < 4.78 is 0. The smallest absolute Gasteiger partial charge is 0.269 e. The summed E-state index contributed by atoms with van der Waals surface area (Å²) >= 11 is 0. The molecule has 5 heteroatoms. The molecule has 1 aliphatic carbocycles. The van der Waals surface area contributed by atoms with Crippen LogP contribution < -0.4 is 0 Å². The van der Waals surface area contributed by atoms with Crippen LogP contribution in [0, 0.1) is 0 Å². The van der Waals surface area contributed by atoms with Crippen LogP contribution in [0.5, 0.6) is 0 Å². The normalized spacial score (nSPS) is 13.0. The third-order valence-corrected chi connectivity index (χ3v) is 3.69. The second-order valence-corrected chi connectivity index (χ2v) is 5.20. The van der Waals surface area contributed by atoms with Gasteiger partial charge in [0.05, 0.1) is 0 Å². The Morgan fingerprint density at radius 1 is 0.957 bits per heavy atom. The second-order valence-electron chi connectivity index (χ2n) is 5.20. The summed E-state index contributed by atoms with van der Waals surface area (Å²) in [4.78, 5) is 36.4. The Labute approximate surface area is 132 Å². The fraction of sp³-hybridized carbons (Fsp3) is 0.0556. The number of fused-ring (bicyclic) bond motifs is 2. The Balaban J connectivity index is 2.02. The number of amides is 1. The number of ketones is 2. The molecule has 0 aromatic heterocycles. The first-order valence-corrected chi connectivity index (χ1v) is 6.96. The molecule has 23 heavy (non-hydrogen) atoms. The van der Waals surface area contributed by atoms with E-state index < -0.39 is 5.91 Å². The maximum Gasteiger partial charge on any atom is 0.269 e. The third kappa shape index (κ3) is 2.58. The minimum atomic E-state index is -0.588. The highest BCUT2D eigenvalue weighted by molar-refractivity contribution is 6.28. The van der Waals surface area contributed by atoms with Gasteiger partial charge in [-0.05, 0) is 23.8 Å². The average Bonchev–Trinajstić information content (AvgIpc) is 2.57. The molecular weight excluding hydrogens is 294 g/mol. The molecule has 0 spiro atoms. The first-order valence-electron chi connectivity index (χ1n) is 6.96. The summed E-state index contributed by atoms with van der Waals surface area (Å²) in [5.41, 5.74) is 2.07. The Morgan fingerprint density at radius 3 is 2.13 bits per heavy atom. The van der Waals surface area contributed by atoms with Crippen LogP contribution in [0.15, 0.2) is 48.5 Å². The van der Waals surface area contributed by atoms with Gasteiger partial charge in [0.15, 0.2) is 11.6 Å². The van der Waals surface area contributed by atoms with Crippen LogP contribution in [-0.4, -0.2) is 34.8 Å². The van der Waals surface area contributed by atoms with Gasteiger partial charge in [0.1, 0.15) is 0 Å². The van der Waals surface area contributed by atoms with Gasteiger partial charge in [-0.2, -0.15) is 0 Å². The minimum absolute atomic E-state index is 0.183. The predicted molar refractivity (Wildman–Crippen MR) is 83.3 cm³/mol. The molecular formula is C18H13NO4. The van der Waals surface area contributed by atoms with Crippen molar-refractivity contribution >= 4 is 23.5 Å². The molecule has 0 saturated carbocycles. The number of hydrogen-bond donors (Lipinski definition) is 1. The summed E-state index contributed by atoms with van der Waals surface area (Å²) in [7, 11) is 1.22. The number of nitrogens with zero attached hydrogens (tertiary/aromatic N) is 1. The lowest BCUT2D eigenvalue weighted by molar-refractivity contribution is -0.153. The van der Waals surface area contributed by atoms with E-state index in [1.165, 1.54) is 19.2 Å². The van der Waals surface area contributed by atoms with Crippen molar-refractivity contribution in [1.29, 1.82) is 0 Å². The monoisotopic (exact) mass is 307 g/mol. The maximum absolute atomic E-state index is 12.6. The van der Waals surface area contributed by atoms with Crippen molar-refractivity contribution in [3.63, 3.8) is 0 Å². The van der Waals surface area contributed by atoms with Gasteiger partial charge in [-0.25, -0.2) is 5.06 Å². The number of likely N-dealkylation sites (N-methyl/N-ethyl adjacent to an activating group) is 1. The highest BCUT2D eigenvalue weighted by Gasteiger charge is 2.29. The molecule has 1 N–H and O–H groups in total. The van der Waals surface area contributed by atoms with E-state index in [9.17, 15) is 14.4 Å². The van der Waals surface area contributed by atoms with Gasteiger partial charge in [0.25, 0.3) is 5.91 Å². The first kappa shape index (κ1) is 14.9. The molecule has 0 unspecified atom stereocenters. The van der Waals surface area contributed by atoms with Gasteiger partial charge in [0, 0.05) is 35.4 Å². The van der Waals surface area contributed by atoms with Crippen molar-refractivity contribution < 1.29 is 19.6 Å². The average molecular weight is 307 g/mol. The highest BCUT2D eigenvalue weighted by Crippen LogP contribution is 2.28. The van der Waals surface area contributed by atoms with Crippen molar-refractivity contribution in [3.8, 4) is 0 Å². The number of hydrogen-bond acceptors (Lipinski definition) is 4. The van der Waals surface area contributed by atoms with Gasteiger partial charge in [0.2, 0.25) is 0 Å². The van der Waals surface area contributed by atoms with Crippen LogP contribution in [-0.2, 0) is 4.79 Å². The molecule has 0 fully saturated rings. The molecule has 0 radical (unpaired) electrons. The maximum atomic E-state index is 12.6. The van der Waals surface area contributed by atoms with Gasteiger partial charge >= 0.3 is 0 Å². The van der Waals surface area contributed by atoms with Crippen molar-refractivity contribution in [1.82, 2.24) is 5.06 Å². The van der Waals surface area contributed by atoms with E-state index in [2.05, 4.69) is 0 Å². The standard InChI is InChI=1S/C18H13NO4/c1-19(23)16(20)9-7-11-6-8-14-15(10-11)18(22)13-5-3-2-4-12(13)17(14)21/h2-10,23H,1H3/b9-7+. The lowest BCUT2D eigenvalue weighted by Gasteiger charge is -2.17. The van der Waals surface area contributed by atoms with E-state index in [4.69, 9.17) is 5.21 Å². The van der Waals surface area contributed by atoms with E-state index in [1.54, 1.807) is 42.5 Å². The van der Waals surface area contributed by atoms with Gasteiger partial charge in [-0.3, -0.25) is 19.6 Å². The molecule has 3 rings (SSSR count). The largest absolute Gasteiger partial charge is 0.289 e. The summed E-state index contributed by atoms with van der Waals surface area (Å²) in [5, 5.41) is 9.47. The molecule has 1 aliphatic rings. The van der Waals surface area contributed by atoms with Crippen LogP contribution in [0.25, 0.3) is 6.08 Å². The van der Waals surface area contributed by atoms with E-state index in [0.717, 1.165) is 0 Å². The molecule has 2 aromatic carbocycles. The predicted octanol–water partition coefficient (Wildman–Crippen LogP) is 2.32. The van der Waals surface area contributed by atoms with Crippen LogP contribution in [0.1, 0.15) is 37.4 Å². The number of benzene rings is 2. The molecule has 0 aliphatic heterocycles. The minimum Gasteiger partial charge on any atom is -0.289 e. The molecule has 0 atom stereocenters. The number of carbonyl (C=O) groups is 3. The second kappa shape index (κ2) is 5.62. The van der Waals surface area contributed by atoms with E-state index >= 15 is 0 Å². The quantitative estimate of drug-likeness (QED) is 0.448. The molecule has 1 amide bonds. The van der Waals surface area contributed by atoms with Crippen molar-refractivity contribution in [2.24, 2.45) is 0 Å². The molecule has 0 bridgehead atoms. The van der Waals surface area contributed by atoms with Crippen molar-refractivity contribution in [3.05, 3.63) is 76.4 Å². The van der Waals surface area contributed by atoms with Gasteiger partial charge in [-0.1, -0.05) is 30.3 Å². The van der Waals surface area contributed by atoms with Crippen LogP contribution in [0.2, 0.25) is 0 Å². The molecule has 0 saturated heterocycles. The number of rotatable bonds is 2. The lowest BCUT2D eigenvalue weighted by Crippen LogP contribution is -2.21. The molecule has 5 nitrogen and oxygen atoms in total. The van der Waals surface area contributed by atoms with Gasteiger partial charge in [-0.15, -0.1) is 0 Å². The summed E-state index contributed by atoms with van der Waals surface area (Å²) in [5.74, 6) is -0.983. The number of hydroxylamine groups is 2. The molecule has 114 valence electrons. The summed E-state index contributed by atoms with van der Waals surface area (Å²) in [6.45, 7) is 0. The third-order valence-electron chi connectivity index (χ3n) is 3.69. The zero-order valence-corrected chi connectivity index (χ0v) is 12.3. The molecule has 2 aromatic rings. The van der Waals surface area contributed by atoms with Crippen molar-refractivity contribution in [2.45, 2.75) is 0 Å². The van der Waals surface area contributed by atoms with Crippen molar-refractivity contribution in [2.75, 3.05) is 7.05 Å². The van der Waals surface area contributed by atoms with E-state index in [-0.39, 0.29) is 11.6 Å². The van der Waals surface area contributed by atoms with E-state index in [1.807, 2.05) is 0 Å². The zero-order valence-electron chi connectivity index (χ0n) is 12.3. The Morgan fingerprint density at radius 2 is 1.52 bits per heavy atom. The first-order chi connectivity index (χ1) is 11.0. The Hall–Kier alpha value is -3.05. The fourth-order valence-electron chi connectivity index (χ4n) is 2.50. The lowest BCUT2D eigenvalue weighted by atomic mass is 9.83. The zero-order chi connectivity index (χ0) is 16.6. The number of carbonyl (C=O) groups excluding carboxylic acids is 3. The van der Waals surface area contributed by atoms with Gasteiger partial charge < -0.3 is 0 Å². The summed E-state index contributed by atoms with van der Waals surface area (Å²) in [6.07, 6.45) is 2.67. The Kier molecular flexibility index (Phi) is 3.64. The van der Waals surface area contributed by atoms with Crippen LogP contribution in [0.3, 0.4) is 0 Å². The summed E-state index contributed by atoms with van der Waals surface area (Å²) in [6, 6.07) is 11.5. The highest BCUT2D eigenvalue weighted by atomic mass is 16.5. The fourth-order valence-corrected chi connectivity index (χ4v) is 2.50. The Bertz CT molecular complexity index is 865. The van der Waals surface area contributed by atoms with E-state index in [0.29, 0.717) is 32.9 Å². The topological polar surface area (TPSA) is 74.7 Å². The SMILES string of the molecule is CN(O)C(=O)/C=C/c1ccc2c(c1)C(=O)c1ccccc1C2=O. The molecule has 0 heterocycles. The van der Waals surface area contributed by atoms with Crippen LogP contribution in [0.4, 0.5) is 0 Å².